The molecule has 0 saturated heterocycles. The SMILES string of the molecule is CCCN(CCN(C)C)S(=O)(=O)c1cc(Br)c(F)cc1N. The molecule has 0 amide bonds. The highest BCUT2D eigenvalue weighted by Gasteiger charge is 2.27. The van der Waals surface area contributed by atoms with Crippen LogP contribution in [-0.2, 0) is 10.0 Å². The maximum atomic E-state index is 13.4. The first-order chi connectivity index (χ1) is 9.70. The highest BCUT2D eigenvalue weighted by atomic mass is 79.9. The van der Waals surface area contributed by atoms with Gasteiger partial charge in [-0.3, -0.25) is 0 Å². The maximum absolute atomic E-state index is 13.4. The van der Waals surface area contributed by atoms with E-state index in [-0.39, 0.29) is 15.1 Å². The first-order valence-corrected chi connectivity index (χ1v) is 8.82. The van der Waals surface area contributed by atoms with Crippen molar-refractivity contribution in [1.29, 1.82) is 0 Å². The van der Waals surface area contributed by atoms with Gasteiger partial charge in [-0.1, -0.05) is 6.92 Å². The summed E-state index contributed by atoms with van der Waals surface area (Å²) in [5.41, 5.74) is 5.61. The number of hydrogen-bond donors (Lipinski definition) is 1. The topological polar surface area (TPSA) is 66.6 Å². The van der Waals surface area contributed by atoms with Crippen LogP contribution in [0.3, 0.4) is 0 Å². The van der Waals surface area contributed by atoms with Crippen molar-refractivity contribution in [1.82, 2.24) is 9.21 Å². The lowest BCUT2D eigenvalue weighted by Crippen LogP contribution is -2.37. The van der Waals surface area contributed by atoms with Gasteiger partial charge in [0.2, 0.25) is 10.0 Å². The Bertz CT molecular complexity index is 593. The second kappa shape index (κ2) is 7.53. The molecule has 0 aliphatic carbocycles. The molecule has 120 valence electrons. The number of nitrogens with zero attached hydrogens (tertiary/aromatic N) is 2. The Kier molecular flexibility index (Phi) is 6.58. The first-order valence-electron chi connectivity index (χ1n) is 6.59. The van der Waals surface area contributed by atoms with Crippen LogP contribution in [0.5, 0.6) is 0 Å². The molecular formula is C13H21BrFN3O2S. The number of benzene rings is 1. The summed E-state index contributed by atoms with van der Waals surface area (Å²) in [6, 6.07) is 2.24. The van der Waals surface area contributed by atoms with Gasteiger partial charge in [0.25, 0.3) is 0 Å². The third-order valence-electron chi connectivity index (χ3n) is 2.94. The van der Waals surface area contributed by atoms with Crippen molar-refractivity contribution in [2.45, 2.75) is 18.2 Å². The molecule has 0 spiro atoms. The number of nitrogen functional groups attached to an aromatic ring is 1. The molecule has 1 rings (SSSR count). The number of sulfonamides is 1. The summed E-state index contributed by atoms with van der Waals surface area (Å²) < 4.78 is 40.3. The molecule has 0 radical (unpaired) electrons. The minimum atomic E-state index is -3.74. The van der Waals surface area contributed by atoms with Gasteiger partial charge in [0, 0.05) is 19.6 Å². The third-order valence-corrected chi connectivity index (χ3v) is 5.50. The molecule has 0 fully saturated rings. The van der Waals surface area contributed by atoms with Gasteiger partial charge in [-0.2, -0.15) is 4.31 Å². The van der Waals surface area contributed by atoms with E-state index in [1.165, 1.54) is 10.4 Å². The molecule has 1 aromatic carbocycles. The van der Waals surface area contributed by atoms with E-state index in [9.17, 15) is 12.8 Å². The third kappa shape index (κ3) is 4.64. The molecule has 0 atom stereocenters. The normalized spacial score (nSPS) is 12.3. The van der Waals surface area contributed by atoms with Gasteiger partial charge in [0.15, 0.2) is 0 Å². The van der Waals surface area contributed by atoms with E-state index >= 15 is 0 Å². The van der Waals surface area contributed by atoms with E-state index in [1.807, 2.05) is 25.9 Å². The van der Waals surface area contributed by atoms with Crippen LogP contribution in [0.15, 0.2) is 21.5 Å². The second-order valence-corrected chi connectivity index (χ2v) is 7.77. The minimum absolute atomic E-state index is 0.0667. The van der Waals surface area contributed by atoms with E-state index in [1.54, 1.807) is 0 Å². The molecule has 1 aromatic rings. The molecule has 0 heterocycles. The molecule has 2 N–H and O–H groups in total. The molecule has 0 unspecified atom stereocenters. The van der Waals surface area contributed by atoms with Gasteiger partial charge in [0.05, 0.1) is 10.2 Å². The second-order valence-electron chi connectivity index (χ2n) is 5.01. The average molecular weight is 382 g/mol. The van der Waals surface area contributed by atoms with E-state index in [2.05, 4.69) is 15.9 Å². The van der Waals surface area contributed by atoms with Crippen LogP contribution in [0.2, 0.25) is 0 Å². The van der Waals surface area contributed by atoms with Crippen molar-refractivity contribution < 1.29 is 12.8 Å². The van der Waals surface area contributed by atoms with Crippen LogP contribution in [0.1, 0.15) is 13.3 Å². The summed E-state index contributed by atoms with van der Waals surface area (Å²) in [6.45, 7) is 3.26. The van der Waals surface area contributed by atoms with Crippen LogP contribution < -0.4 is 5.73 Å². The number of anilines is 1. The highest BCUT2D eigenvalue weighted by molar-refractivity contribution is 9.10. The standard InChI is InChI=1S/C13H21BrFN3O2S/c1-4-5-18(7-6-17(2)3)21(19,20)13-8-10(14)11(15)9-12(13)16/h8-9H,4-7,16H2,1-3H3. The zero-order chi connectivity index (χ0) is 16.2. The van der Waals surface area contributed by atoms with Crippen LogP contribution in [0, 0.1) is 5.82 Å². The Hall–Kier alpha value is -0.700. The van der Waals surface area contributed by atoms with Gasteiger partial charge < -0.3 is 10.6 Å². The van der Waals surface area contributed by atoms with E-state index < -0.39 is 15.8 Å². The number of nitrogens with two attached hydrogens (primary N) is 1. The molecule has 8 heteroatoms. The lowest BCUT2D eigenvalue weighted by Gasteiger charge is -2.24. The van der Waals surface area contributed by atoms with Crippen molar-refractivity contribution in [3.8, 4) is 0 Å². The Morgan fingerprint density at radius 1 is 1.24 bits per heavy atom. The molecule has 0 saturated carbocycles. The van der Waals surface area contributed by atoms with E-state index in [0.29, 0.717) is 26.1 Å². The smallest absolute Gasteiger partial charge is 0.245 e. The van der Waals surface area contributed by atoms with Gasteiger partial charge in [-0.05, 0) is 48.6 Å². The fourth-order valence-corrected chi connectivity index (χ4v) is 3.96. The molecule has 0 aromatic heterocycles. The average Bonchev–Trinajstić information content (AvgIpc) is 2.38. The minimum Gasteiger partial charge on any atom is -0.398 e. The van der Waals surface area contributed by atoms with Crippen molar-refractivity contribution in [2.24, 2.45) is 0 Å². The van der Waals surface area contributed by atoms with E-state index in [4.69, 9.17) is 5.73 Å². The summed E-state index contributed by atoms with van der Waals surface area (Å²) >= 11 is 3.00. The van der Waals surface area contributed by atoms with Crippen molar-refractivity contribution in [3.05, 3.63) is 22.4 Å². The molecule has 0 bridgehead atoms. The Labute approximate surface area is 134 Å². The number of hydrogen-bond acceptors (Lipinski definition) is 4. The number of rotatable bonds is 7. The summed E-state index contributed by atoms with van der Waals surface area (Å²) in [4.78, 5) is 1.84. The maximum Gasteiger partial charge on any atom is 0.245 e. The molecule has 0 aliphatic heterocycles. The van der Waals surface area contributed by atoms with Crippen LogP contribution in [-0.4, -0.2) is 51.4 Å². The Morgan fingerprint density at radius 2 is 1.86 bits per heavy atom. The molecule has 5 nitrogen and oxygen atoms in total. The predicted molar refractivity (Wildman–Crippen MR) is 86.1 cm³/mol. The lowest BCUT2D eigenvalue weighted by atomic mass is 10.3. The first kappa shape index (κ1) is 18.3. The fourth-order valence-electron chi connectivity index (χ4n) is 1.82. The summed E-state index contributed by atoms with van der Waals surface area (Å²) in [7, 11) is 0.00536. The quantitative estimate of drug-likeness (QED) is 0.734. The van der Waals surface area contributed by atoms with Gasteiger partial charge >= 0.3 is 0 Å². The van der Waals surface area contributed by atoms with Gasteiger partial charge in [-0.15, -0.1) is 0 Å². The Balaban J connectivity index is 3.19. The van der Waals surface area contributed by atoms with Crippen LogP contribution >= 0.6 is 15.9 Å². The summed E-state index contributed by atoms with van der Waals surface area (Å²) in [6.07, 6.45) is 0.689. The number of likely N-dealkylation sites (N-methyl/N-ethyl adjacent to an activating group) is 1. The van der Waals surface area contributed by atoms with Crippen molar-refractivity contribution >= 4 is 31.6 Å². The van der Waals surface area contributed by atoms with Gasteiger partial charge in [-0.25, -0.2) is 12.8 Å². The van der Waals surface area contributed by atoms with E-state index in [0.717, 1.165) is 6.07 Å². The van der Waals surface area contributed by atoms with Crippen molar-refractivity contribution in [2.75, 3.05) is 39.5 Å². The largest absolute Gasteiger partial charge is 0.398 e. The van der Waals surface area contributed by atoms with Crippen LogP contribution in [0.25, 0.3) is 0 Å². The highest BCUT2D eigenvalue weighted by Crippen LogP contribution is 2.28. The Morgan fingerprint density at radius 3 is 2.38 bits per heavy atom. The van der Waals surface area contributed by atoms with Gasteiger partial charge in [0.1, 0.15) is 10.7 Å². The fraction of sp³-hybridized carbons (Fsp3) is 0.538. The molecule has 0 aliphatic rings. The summed E-state index contributed by atoms with van der Waals surface area (Å²) in [5, 5.41) is 0. The molecule has 21 heavy (non-hydrogen) atoms. The summed E-state index contributed by atoms with van der Waals surface area (Å²) in [5.74, 6) is -0.582. The zero-order valence-corrected chi connectivity index (χ0v) is 14.8. The number of halogens is 2. The monoisotopic (exact) mass is 381 g/mol. The molecular weight excluding hydrogens is 361 g/mol. The predicted octanol–water partition coefficient (Wildman–Crippen LogP) is 2.13. The lowest BCUT2D eigenvalue weighted by molar-refractivity contribution is 0.333. The zero-order valence-electron chi connectivity index (χ0n) is 12.4. The van der Waals surface area contributed by atoms with Crippen LogP contribution in [0.4, 0.5) is 10.1 Å². The van der Waals surface area contributed by atoms with Crippen molar-refractivity contribution in [3.63, 3.8) is 0 Å².